The van der Waals surface area contributed by atoms with E-state index in [9.17, 15) is 19.5 Å². The normalized spacial score (nSPS) is 16.3. The summed E-state index contributed by atoms with van der Waals surface area (Å²) in [5.74, 6) is 0.254. The quantitative estimate of drug-likeness (QED) is 0.256. The highest BCUT2D eigenvalue weighted by Crippen LogP contribution is 2.42. The number of anilines is 2. The van der Waals surface area contributed by atoms with Gasteiger partial charge >= 0.3 is 12.1 Å². The minimum atomic E-state index is -0.592. The smallest absolute Gasteiger partial charge is 0.414 e. The van der Waals surface area contributed by atoms with Crippen LogP contribution < -0.4 is 14.5 Å². The van der Waals surface area contributed by atoms with E-state index in [0.29, 0.717) is 19.3 Å². The Balaban J connectivity index is 1.51. The number of hydrogen-bond acceptors (Lipinski definition) is 9. The van der Waals surface area contributed by atoms with E-state index in [-0.39, 0.29) is 53.8 Å². The molecule has 0 unspecified atom stereocenters. The number of methoxy groups -OCH3 is 2. The summed E-state index contributed by atoms with van der Waals surface area (Å²) in [5.41, 5.74) is 2.39. The first-order valence-corrected chi connectivity index (χ1v) is 14.6. The molecule has 0 spiro atoms. The van der Waals surface area contributed by atoms with Gasteiger partial charge in [-0.2, -0.15) is 0 Å². The first-order chi connectivity index (χ1) is 18.1. The van der Waals surface area contributed by atoms with Crippen molar-refractivity contribution in [3.8, 4) is 11.5 Å². The predicted molar refractivity (Wildman–Crippen MR) is 149 cm³/mol. The van der Waals surface area contributed by atoms with Crippen molar-refractivity contribution in [2.45, 2.75) is 43.9 Å². The van der Waals surface area contributed by atoms with E-state index in [1.807, 2.05) is 38.1 Å². The van der Waals surface area contributed by atoms with E-state index < -0.39 is 10.8 Å². The number of amides is 2. The summed E-state index contributed by atoms with van der Waals surface area (Å²) in [6, 6.07) is 10.3. The Morgan fingerprint density at radius 1 is 1.16 bits per heavy atom. The Morgan fingerprint density at radius 2 is 1.92 bits per heavy atom. The highest BCUT2D eigenvalue weighted by Gasteiger charge is 2.42. The van der Waals surface area contributed by atoms with Gasteiger partial charge in [-0.15, -0.1) is 0 Å². The van der Waals surface area contributed by atoms with Crippen LogP contribution in [0.15, 0.2) is 36.4 Å². The molecule has 1 atom stereocenters. The second-order valence-electron chi connectivity index (χ2n) is 9.71. The summed E-state index contributed by atoms with van der Waals surface area (Å²) in [6.45, 7) is 4.30. The molecular weight excluding hydrogens is 528 g/mol. The number of fused-ring (bicyclic) bond motifs is 4. The first-order valence-electron chi connectivity index (χ1n) is 12.3. The largest absolute Gasteiger partial charge is 0.504 e. The Morgan fingerprint density at radius 3 is 2.66 bits per heavy atom. The maximum atomic E-state index is 13.8. The number of esters is 1. The van der Waals surface area contributed by atoms with Crippen LogP contribution in [0.3, 0.4) is 0 Å². The van der Waals surface area contributed by atoms with Crippen molar-refractivity contribution in [2.24, 2.45) is 0 Å². The second kappa shape index (κ2) is 11.8. The van der Waals surface area contributed by atoms with Crippen LogP contribution >= 0.6 is 21.6 Å². The molecule has 4 rings (SSSR count). The average molecular weight is 561 g/mol. The monoisotopic (exact) mass is 560 g/mol. The number of carbonyl (C=O) groups is 3. The molecule has 11 heteroatoms. The Kier molecular flexibility index (Phi) is 8.67. The molecule has 0 fully saturated rings. The Hall–Kier alpha value is -3.05. The van der Waals surface area contributed by atoms with Crippen molar-refractivity contribution in [1.29, 1.82) is 0 Å². The molecule has 9 nitrogen and oxygen atoms in total. The fourth-order valence-electron chi connectivity index (χ4n) is 4.53. The Labute approximate surface area is 230 Å². The van der Waals surface area contributed by atoms with E-state index in [1.54, 1.807) is 26.5 Å². The summed E-state index contributed by atoms with van der Waals surface area (Å²) in [7, 11) is 5.98. The minimum Gasteiger partial charge on any atom is -0.504 e. The lowest BCUT2D eigenvalue weighted by Gasteiger charge is -2.28. The molecule has 2 aliphatic rings. The van der Waals surface area contributed by atoms with Crippen LogP contribution in [0.1, 0.15) is 42.6 Å². The standard InChI is InChI=1S/C27H32N2O7S2/c1-27(2,38-37-11-7-10-24(31)35-4)16-36-26(33)28-15-18-12-17-8-5-6-9-20(17)29(18)25(32)19-13-23(34-3)22(30)14-21(19)28/h5-6,8-9,13-14,18,30H,7,10-12,15-16H2,1-4H3/t18-/m0/s1. The van der Waals surface area contributed by atoms with E-state index in [2.05, 4.69) is 4.74 Å². The summed E-state index contributed by atoms with van der Waals surface area (Å²) < 4.78 is 15.3. The van der Waals surface area contributed by atoms with Crippen molar-refractivity contribution in [1.82, 2.24) is 0 Å². The zero-order chi connectivity index (χ0) is 27.4. The summed E-state index contributed by atoms with van der Waals surface area (Å²) in [5, 5.41) is 10.5. The van der Waals surface area contributed by atoms with Crippen LogP contribution in [-0.2, 0) is 20.7 Å². The second-order valence-corrected chi connectivity index (χ2v) is 12.8. The van der Waals surface area contributed by atoms with Gasteiger partial charge in [-0.1, -0.05) is 39.8 Å². The van der Waals surface area contributed by atoms with Crippen LogP contribution in [-0.4, -0.2) is 67.0 Å². The van der Waals surface area contributed by atoms with Gasteiger partial charge in [0.2, 0.25) is 0 Å². The molecule has 2 aromatic carbocycles. The van der Waals surface area contributed by atoms with Gasteiger partial charge in [0.15, 0.2) is 11.5 Å². The number of para-hydroxylation sites is 1. The molecule has 38 heavy (non-hydrogen) atoms. The number of hydrogen-bond donors (Lipinski definition) is 1. The van der Waals surface area contributed by atoms with Crippen molar-refractivity contribution in [3.63, 3.8) is 0 Å². The molecule has 0 bridgehead atoms. The van der Waals surface area contributed by atoms with Gasteiger partial charge in [0.1, 0.15) is 6.61 Å². The first kappa shape index (κ1) is 28.0. The molecule has 0 radical (unpaired) electrons. The third kappa shape index (κ3) is 5.99. The highest BCUT2D eigenvalue weighted by atomic mass is 33.1. The van der Waals surface area contributed by atoms with Crippen LogP contribution in [0.4, 0.5) is 16.2 Å². The number of benzene rings is 2. The van der Waals surface area contributed by atoms with E-state index >= 15 is 0 Å². The molecule has 0 saturated heterocycles. The molecule has 1 N–H and O–H groups in total. The predicted octanol–water partition coefficient (Wildman–Crippen LogP) is 5.04. The van der Waals surface area contributed by atoms with Crippen molar-refractivity contribution < 1.29 is 33.7 Å². The summed E-state index contributed by atoms with van der Waals surface area (Å²) in [6.07, 6.45) is 1.08. The molecule has 2 aromatic rings. The maximum absolute atomic E-state index is 13.8. The topological polar surface area (TPSA) is 106 Å². The average Bonchev–Trinajstić information content (AvgIpc) is 3.22. The number of nitrogens with zero attached hydrogens (tertiary/aromatic N) is 2. The number of ether oxygens (including phenoxy) is 3. The van der Waals surface area contributed by atoms with Crippen LogP contribution in [0, 0.1) is 0 Å². The van der Waals surface area contributed by atoms with Crippen molar-refractivity contribution in [2.75, 3.05) is 42.9 Å². The van der Waals surface area contributed by atoms with E-state index in [1.165, 1.54) is 31.3 Å². The minimum absolute atomic E-state index is 0.136. The van der Waals surface area contributed by atoms with Crippen molar-refractivity contribution >= 4 is 50.9 Å². The zero-order valence-electron chi connectivity index (χ0n) is 21.9. The van der Waals surface area contributed by atoms with Gasteiger partial charge < -0.3 is 24.2 Å². The molecule has 2 amide bonds. The van der Waals surface area contributed by atoms with Gasteiger partial charge in [-0.05, 0) is 44.4 Å². The molecule has 2 aliphatic heterocycles. The van der Waals surface area contributed by atoms with E-state index in [0.717, 1.165) is 17.0 Å². The SMILES string of the molecule is COC(=O)CCCSSC(C)(C)COC(=O)N1C[C@@H]2Cc3ccccc3N2C(=O)c2cc(OC)c(O)cc21. The summed E-state index contributed by atoms with van der Waals surface area (Å²) in [4.78, 5) is 41.7. The van der Waals surface area contributed by atoms with Gasteiger partial charge in [0.25, 0.3) is 5.91 Å². The maximum Gasteiger partial charge on any atom is 0.414 e. The van der Waals surface area contributed by atoms with Crippen LogP contribution in [0.5, 0.6) is 11.5 Å². The molecule has 0 aromatic heterocycles. The van der Waals surface area contributed by atoms with Gasteiger partial charge in [0.05, 0.1) is 42.8 Å². The number of phenolic OH excluding ortho intramolecular Hbond substituents is 1. The van der Waals surface area contributed by atoms with Crippen molar-refractivity contribution in [3.05, 3.63) is 47.5 Å². The fraction of sp³-hybridized carbons (Fsp3) is 0.444. The number of aromatic hydroxyl groups is 1. The van der Waals surface area contributed by atoms with E-state index in [4.69, 9.17) is 9.47 Å². The zero-order valence-corrected chi connectivity index (χ0v) is 23.5. The molecule has 0 aliphatic carbocycles. The Bertz CT molecular complexity index is 1220. The third-order valence-corrected chi connectivity index (χ3v) is 9.74. The lowest BCUT2D eigenvalue weighted by molar-refractivity contribution is -0.140. The lowest BCUT2D eigenvalue weighted by atomic mass is 10.1. The molecule has 2 heterocycles. The number of phenols is 1. The number of rotatable bonds is 9. The molecular formula is C27H32N2O7S2. The van der Waals surface area contributed by atoms with Gasteiger partial charge in [-0.25, -0.2) is 4.79 Å². The third-order valence-electron chi connectivity index (χ3n) is 6.39. The highest BCUT2D eigenvalue weighted by molar-refractivity contribution is 8.77. The lowest BCUT2D eigenvalue weighted by Crippen LogP contribution is -2.44. The molecule has 0 saturated carbocycles. The van der Waals surface area contributed by atoms with Crippen LogP contribution in [0.2, 0.25) is 0 Å². The number of carbonyl (C=O) groups excluding carboxylic acids is 3. The van der Waals surface area contributed by atoms with Gasteiger partial charge in [-0.3, -0.25) is 14.5 Å². The molecule has 204 valence electrons. The van der Waals surface area contributed by atoms with Crippen LogP contribution in [0.25, 0.3) is 0 Å². The summed E-state index contributed by atoms with van der Waals surface area (Å²) >= 11 is 0. The fourth-order valence-corrected chi connectivity index (χ4v) is 7.00. The van der Waals surface area contributed by atoms with Gasteiger partial charge in [0, 0.05) is 23.9 Å².